The van der Waals surface area contributed by atoms with Crippen molar-refractivity contribution >= 4 is 33.2 Å². The zero-order valence-electron chi connectivity index (χ0n) is 12.2. The second-order valence-electron chi connectivity index (χ2n) is 4.79. The Balaban J connectivity index is 2.15. The van der Waals surface area contributed by atoms with E-state index in [1.54, 1.807) is 13.0 Å². The maximum absolute atomic E-state index is 12.4. The summed E-state index contributed by atoms with van der Waals surface area (Å²) >= 11 is 5.83. The molecule has 0 aliphatic rings. The minimum absolute atomic E-state index is 0.149. The molecule has 0 saturated carbocycles. The van der Waals surface area contributed by atoms with Gasteiger partial charge in [-0.3, -0.25) is 9.52 Å². The van der Waals surface area contributed by atoms with Crippen molar-refractivity contribution in [3.63, 3.8) is 0 Å². The van der Waals surface area contributed by atoms with Gasteiger partial charge in [0, 0.05) is 10.7 Å². The second-order valence-corrected chi connectivity index (χ2v) is 6.88. The normalized spacial score (nSPS) is 11.0. The Bertz CT molecular complexity index is 820. The molecule has 2 rings (SSSR count). The lowest BCUT2D eigenvalue weighted by Gasteiger charge is -2.11. The first-order chi connectivity index (χ1) is 10.8. The fourth-order valence-corrected chi connectivity index (χ4v) is 3.41. The predicted molar refractivity (Wildman–Crippen MR) is 88.1 cm³/mol. The average molecular weight is 355 g/mol. The highest BCUT2D eigenvalue weighted by Crippen LogP contribution is 2.23. The first kappa shape index (κ1) is 17.1. The van der Waals surface area contributed by atoms with Gasteiger partial charge in [-0.1, -0.05) is 11.6 Å². The van der Waals surface area contributed by atoms with Gasteiger partial charge in [-0.25, -0.2) is 8.42 Å². The summed E-state index contributed by atoms with van der Waals surface area (Å²) in [4.78, 5) is 10.8. The number of hydrogen-bond acceptors (Lipinski definition) is 4. The van der Waals surface area contributed by atoms with Crippen LogP contribution in [0.15, 0.2) is 47.4 Å². The molecule has 2 aromatic carbocycles. The highest BCUT2D eigenvalue weighted by Gasteiger charge is 2.17. The van der Waals surface area contributed by atoms with Crippen molar-refractivity contribution in [1.29, 1.82) is 0 Å². The molecule has 1 amide bonds. The predicted octanol–water partition coefficient (Wildman–Crippen LogP) is 2.31. The van der Waals surface area contributed by atoms with E-state index in [4.69, 9.17) is 22.1 Å². The maximum atomic E-state index is 12.4. The van der Waals surface area contributed by atoms with Gasteiger partial charge in [-0.2, -0.15) is 0 Å². The Morgan fingerprint density at radius 1 is 1.22 bits per heavy atom. The molecule has 6 nitrogen and oxygen atoms in total. The van der Waals surface area contributed by atoms with Crippen molar-refractivity contribution in [2.75, 3.05) is 11.3 Å². The van der Waals surface area contributed by atoms with E-state index in [9.17, 15) is 13.2 Å². The molecule has 0 unspecified atom stereocenters. The van der Waals surface area contributed by atoms with Gasteiger partial charge in [0.1, 0.15) is 5.75 Å². The van der Waals surface area contributed by atoms with Gasteiger partial charge in [-0.05, 0) is 55.0 Å². The summed E-state index contributed by atoms with van der Waals surface area (Å²) in [5.41, 5.74) is 5.89. The Labute approximate surface area is 139 Å². The average Bonchev–Trinajstić information content (AvgIpc) is 2.45. The first-order valence-electron chi connectivity index (χ1n) is 6.58. The molecule has 0 bridgehead atoms. The molecule has 23 heavy (non-hydrogen) atoms. The van der Waals surface area contributed by atoms with Crippen molar-refractivity contribution in [3.8, 4) is 5.75 Å². The summed E-state index contributed by atoms with van der Waals surface area (Å²) in [6.07, 6.45) is 0. The zero-order chi connectivity index (χ0) is 17.0. The van der Waals surface area contributed by atoms with Crippen LogP contribution in [-0.4, -0.2) is 20.9 Å². The molecule has 0 fully saturated rings. The minimum atomic E-state index is -3.72. The molecule has 122 valence electrons. The molecule has 0 aliphatic carbocycles. The van der Waals surface area contributed by atoms with Gasteiger partial charge >= 0.3 is 0 Å². The van der Waals surface area contributed by atoms with Crippen LogP contribution in [0, 0.1) is 6.92 Å². The van der Waals surface area contributed by atoms with Crippen LogP contribution in [-0.2, 0) is 14.8 Å². The van der Waals surface area contributed by atoms with Crippen molar-refractivity contribution in [2.45, 2.75) is 11.8 Å². The van der Waals surface area contributed by atoms with Gasteiger partial charge in [0.2, 0.25) is 0 Å². The van der Waals surface area contributed by atoms with Crippen LogP contribution < -0.4 is 15.2 Å². The van der Waals surface area contributed by atoms with Crippen LogP contribution in [0.4, 0.5) is 5.69 Å². The van der Waals surface area contributed by atoms with Crippen LogP contribution in [0.5, 0.6) is 5.75 Å². The van der Waals surface area contributed by atoms with Gasteiger partial charge in [-0.15, -0.1) is 0 Å². The largest absolute Gasteiger partial charge is 0.484 e. The lowest BCUT2D eigenvalue weighted by molar-refractivity contribution is -0.119. The fraction of sp³-hybridized carbons (Fsp3) is 0.133. The van der Waals surface area contributed by atoms with Gasteiger partial charge in [0.25, 0.3) is 15.9 Å². The Kier molecular flexibility index (Phi) is 5.12. The van der Waals surface area contributed by atoms with E-state index in [1.807, 2.05) is 0 Å². The molecular weight excluding hydrogens is 340 g/mol. The molecule has 0 atom stereocenters. The molecule has 2 aromatic rings. The highest BCUT2D eigenvalue weighted by molar-refractivity contribution is 7.92. The van der Waals surface area contributed by atoms with E-state index in [1.165, 1.54) is 36.4 Å². The number of rotatable bonds is 6. The second kappa shape index (κ2) is 6.89. The summed E-state index contributed by atoms with van der Waals surface area (Å²) in [5, 5.41) is 0.470. The number of nitrogens with two attached hydrogens (primary N) is 1. The zero-order valence-corrected chi connectivity index (χ0v) is 13.8. The number of hydrogen-bond donors (Lipinski definition) is 2. The molecule has 8 heteroatoms. The molecule has 3 N–H and O–H groups in total. The number of ether oxygens (including phenoxy) is 1. The Hall–Kier alpha value is -2.25. The summed E-state index contributed by atoms with van der Waals surface area (Å²) in [7, 11) is -3.72. The Morgan fingerprint density at radius 2 is 1.87 bits per heavy atom. The van der Waals surface area contributed by atoms with E-state index >= 15 is 0 Å². The highest BCUT2D eigenvalue weighted by atomic mass is 35.5. The monoisotopic (exact) mass is 354 g/mol. The molecule has 0 saturated heterocycles. The van der Waals surface area contributed by atoms with Crippen LogP contribution in [0.3, 0.4) is 0 Å². The fourth-order valence-electron chi connectivity index (χ4n) is 1.90. The lowest BCUT2D eigenvalue weighted by atomic mass is 10.2. The van der Waals surface area contributed by atoms with Crippen LogP contribution in [0.2, 0.25) is 5.02 Å². The SMILES string of the molecule is Cc1cc(Cl)ccc1S(=O)(=O)Nc1ccc(OCC(N)=O)cc1. The molecular formula is C15H15ClN2O4S. The van der Waals surface area contributed by atoms with E-state index in [-0.39, 0.29) is 11.5 Å². The van der Waals surface area contributed by atoms with E-state index in [0.717, 1.165) is 0 Å². The molecule has 0 radical (unpaired) electrons. The van der Waals surface area contributed by atoms with Crippen molar-refractivity contribution in [2.24, 2.45) is 5.73 Å². The van der Waals surface area contributed by atoms with Gasteiger partial charge in [0.05, 0.1) is 4.90 Å². The van der Waals surface area contributed by atoms with E-state index in [2.05, 4.69) is 4.72 Å². The number of anilines is 1. The van der Waals surface area contributed by atoms with Crippen molar-refractivity contribution < 1.29 is 17.9 Å². The number of amides is 1. The number of sulfonamides is 1. The van der Waals surface area contributed by atoms with Gasteiger partial charge < -0.3 is 10.5 Å². The van der Waals surface area contributed by atoms with Crippen LogP contribution >= 0.6 is 11.6 Å². The number of benzene rings is 2. The van der Waals surface area contributed by atoms with Gasteiger partial charge in [0.15, 0.2) is 6.61 Å². The summed E-state index contributed by atoms with van der Waals surface area (Å²) in [5.74, 6) is -0.178. The number of carbonyl (C=O) groups is 1. The maximum Gasteiger partial charge on any atom is 0.262 e. The smallest absolute Gasteiger partial charge is 0.262 e. The molecule has 0 aliphatic heterocycles. The van der Waals surface area contributed by atoms with Crippen LogP contribution in [0.1, 0.15) is 5.56 Å². The number of nitrogens with one attached hydrogen (secondary N) is 1. The van der Waals surface area contributed by atoms with E-state index < -0.39 is 15.9 Å². The summed E-state index contributed by atoms with van der Waals surface area (Å²) in [6, 6.07) is 10.7. The number of halogens is 1. The topological polar surface area (TPSA) is 98.5 Å². The molecule has 0 aromatic heterocycles. The van der Waals surface area contributed by atoms with Crippen molar-refractivity contribution in [1.82, 2.24) is 0 Å². The van der Waals surface area contributed by atoms with Crippen LogP contribution in [0.25, 0.3) is 0 Å². The van der Waals surface area contributed by atoms with Crippen molar-refractivity contribution in [3.05, 3.63) is 53.1 Å². The number of carbonyl (C=O) groups excluding carboxylic acids is 1. The number of primary amides is 1. The summed E-state index contributed by atoms with van der Waals surface area (Å²) in [6.45, 7) is 1.43. The third kappa shape index (κ3) is 4.61. The Morgan fingerprint density at radius 3 is 2.43 bits per heavy atom. The molecule has 0 spiro atoms. The molecule has 0 heterocycles. The third-order valence-electron chi connectivity index (χ3n) is 2.91. The standard InChI is InChI=1S/C15H15ClN2O4S/c1-10-8-11(16)2-7-14(10)23(20,21)18-12-3-5-13(6-4-12)22-9-15(17)19/h2-8,18H,9H2,1H3,(H2,17,19). The quantitative estimate of drug-likeness (QED) is 0.831. The summed E-state index contributed by atoms with van der Waals surface area (Å²) < 4.78 is 32.3. The number of aryl methyl sites for hydroxylation is 1. The third-order valence-corrected chi connectivity index (χ3v) is 4.69. The first-order valence-corrected chi connectivity index (χ1v) is 8.44. The lowest BCUT2D eigenvalue weighted by Crippen LogP contribution is -2.20. The van der Waals surface area contributed by atoms with E-state index in [0.29, 0.717) is 22.0 Å². The minimum Gasteiger partial charge on any atom is -0.484 e.